The van der Waals surface area contributed by atoms with Gasteiger partial charge in [0.25, 0.3) is 0 Å². The van der Waals surface area contributed by atoms with Crippen LogP contribution in [-0.2, 0) is 13.0 Å². The van der Waals surface area contributed by atoms with Crippen LogP contribution in [-0.4, -0.2) is 16.3 Å². The fourth-order valence-corrected chi connectivity index (χ4v) is 2.97. The highest BCUT2D eigenvalue weighted by molar-refractivity contribution is 9.10. The second-order valence-corrected chi connectivity index (χ2v) is 6.14. The van der Waals surface area contributed by atoms with Gasteiger partial charge in [0, 0.05) is 17.2 Å². The van der Waals surface area contributed by atoms with E-state index in [0.717, 1.165) is 32.4 Å². The molecular formula is C17H24BrN3. The van der Waals surface area contributed by atoms with Gasteiger partial charge in [0.15, 0.2) is 0 Å². The average Bonchev–Trinajstić information content (AvgIpc) is 2.94. The summed E-state index contributed by atoms with van der Waals surface area (Å²) in [5.41, 5.74) is 2.61. The summed E-state index contributed by atoms with van der Waals surface area (Å²) >= 11 is 3.66. The van der Waals surface area contributed by atoms with Gasteiger partial charge in [-0.25, -0.2) is 0 Å². The number of halogens is 1. The van der Waals surface area contributed by atoms with E-state index in [0.29, 0.717) is 6.04 Å². The maximum Gasteiger partial charge on any atom is 0.0556 e. The van der Waals surface area contributed by atoms with Gasteiger partial charge in [-0.05, 0) is 43.5 Å². The number of hydrogen-bond donors (Lipinski definition) is 1. The summed E-state index contributed by atoms with van der Waals surface area (Å²) in [5, 5.41) is 8.13. The maximum absolute atomic E-state index is 4.46. The predicted molar refractivity (Wildman–Crippen MR) is 91.4 cm³/mol. The van der Waals surface area contributed by atoms with Crippen molar-refractivity contribution < 1.29 is 0 Å². The third-order valence-electron chi connectivity index (χ3n) is 3.56. The van der Waals surface area contributed by atoms with Crippen LogP contribution in [0.3, 0.4) is 0 Å². The van der Waals surface area contributed by atoms with Crippen molar-refractivity contribution in [3.05, 3.63) is 52.3 Å². The molecule has 0 saturated heterocycles. The molecule has 1 N–H and O–H groups in total. The van der Waals surface area contributed by atoms with Gasteiger partial charge in [0.2, 0.25) is 0 Å². The van der Waals surface area contributed by atoms with Crippen LogP contribution in [0.1, 0.15) is 44.0 Å². The Balaban J connectivity index is 2.21. The van der Waals surface area contributed by atoms with Crippen LogP contribution in [0.5, 0.6) is 0 Å². The van der Waals surface area contributed by atoms with Crippen molar-refractivity contribution in [2.45, 2.75) is 45.7 Å². The summed E-state index contributed by atoms with van der Waals surface area (Å²) in [6, 6.07) is 10.9. The number of nitrogens with zero attached hydrogens (tertiary/aromatic N) is 2. The van der Waals surface area contributed by atoms with Crippen LogP contribution in [0.4, 0.5) is 0 Å². The van der Waals surface area contributed by atoms with Crippen LogP contribution in [0.2, 0.25) is 0 Å². The first-order valence-electron chi connectivity index (χ1n) is 7.74. The number of nitrogens with one attached hydrogen (secondary N) is 1. The maximum atomic E-state index is 4.46. The largest absolute Gasteiger partial charge is 0.308 e. The van der Waals surface area contributed by atoms with Crippen molar-refractivity contribution in [3.8, 4) is 0 Å². The Labute approximate surface area is 135 Å². The van der Waals surface area contributed by atoms with E-state index >= 15 is 0 Å². The molecule has 21 heavy (non-hydrogen) atoms. The lowest BCUT2D eigenvalue weighted by atomic mass is 10.0. The molecule has 1 aromatic heterocycles. The Kier molecular flexibility index (Phi) is 6.46. The van der Waals surface area contributed by atoms with Gasteiger partial charge >= 0.3 is 0 Å². The zero-order chi connectivity index (χ0) is 15.1. The minimum Gasteiger partial charge on any atom is -0.308 e. The van der Waals surface area contributed by atoms with Crippen molar-refractivity contribution in [3.63, 3.8) is 0 Å². The first kappa shape index (κ1) is 16.2. The van der Waals surface area contributed by atoms with Gasteiger partial charge in [0.1, 0.15) is 0 Å². The van der Waals surface area contributed by atoms with Crippen LogP contribution in [0.15, 0.2) is 41.0 Å². The van der Waals surface area contributed by atoms with E-state index in [1.165, 1.54) is 15.7 Å². The number of aromatic nitrogens is 2. The Bertz CT molecular complexity index is 550. The molecule has 0 spiro atoms. The lowest BCUT2D eigenvalue weighted by molar-refractivity contribution is 0.468. The summed E-state index contributed by atoms with van der Waals surface area (Å²) < 4.78 is 3.30. The van der Waals surface area contributed by atoms with Gasteiger partial charge < -0.3 is 5.32 Å². The fourth-order valence-electron chi connectivity index (χ4n) is 2.52. The monoisotopic (exact) mass is 349 g/mol. The molecule has 0 saturated carbocycles. The fraction of sp³-hybridized carbons (Fsp3) is 0.471. The Hall–Kier alpha value is -1.13. The summed E-state index contributed by atoms with van der Waals surface area (Å²) in [6.45, 7) is 6.38. The second kappa shape index (κ2) is 8.35. The number of hydrogen-bond acceptors (Lipinski definition) is 2. The van der Waals surface area contributed by atoms with E-state index in [9.17, 15) is 0 Å². The minimum atomic E-state index is 0.303. The van der Waals surface area contributed by atoms with E-state index in [1.54, 1.807) is 0 Å². The molecule has 1 aromatic carbocycles. The molecular weight excluding hydrogens is 326 g/mol. The molecule has 0 bridgehead atoms. The van der Waals surface area contributed by atoms with Crippen molar-refractivity contribution in [1.29, 1.82) is 0 Å². The first-order valence-corrected chi connectivity index (χ1v) is 8.54. The summed E-state index contributed by atoms with van der Waals surface area (Å²) in [7, 11) is 0. The Morgan fingerprint density at radius 2 is 2.00 bits per heavy atom. The van der Waals surface area contributed by atoms with Gasteiger partial charge in [-0.3, -0.25) is 4.68 Å². The van der Waals surface area contributed by atoms with Gasteiger partial charge in [-0.2, -0.15) is 5.10 Å². The van der Waals surface area contributed by atoms with Crippen molar-refractivity contribution in [2.24, 2.45) is 0 Å². The minimum absolute atomic E-state index is 0.303. The lowest BCUT2D eigenvalue weighted by Crippen LogP contribution is -2.26. The van der Waals surface area contributed by atoms with Gasteiger partial charge in [0.05, 0.1) is 11.7 Å². The zero-order valence-corrected chi connectivity index (χ0v) is 14.4. The smallest absolute Gasteiger partial charge is 0.0556 e. The van der Waals surface area contributed by atoms with Crippen LogP contribution < -0.4 is 5.32 Å². The van der Waals surface area contributed by atoms with E-state index in [1.807, 2.05) is 6.20 Å². The van der Waals surface area contributed by atoms with E-state index in [4.69, 9.17) is 0 Å². The molecule has 0 amide bonds. The molecule has 0 aliphatic rings. The third kappa shape index (κ3) is 4.42. The van der Waals surface area contributed by atoms with Gasteiger partial charge in [-0.15, -0.1) is 0 Å². The molecule has 0 aliphatic heterocycles. The number of rotatable bonds is 8. The quantitative estimate of drug-likeness (QED) is 0.768. The topological polar surface area (TPSA) is 29.9 Å². The summed E-state index contributed by atoms with van der Waals surface area (Å²) in [4.78, 5) is 0. The lowest BCUT2D eigenvalue weighted by Gasteiger charge is -2.20. The first-order chi connectivity index (χ1) is 10.3. The zero-order valence-electron chi connectivity index (χ0n) is 12.8. The normalized spacial score (nSPS) is 12.5. The highest BCUT2D eigenvalue weighted by atomic mass is 79.9. The highest BCUT2D eigenvalue weighted by Gasteiger charge is 2.17. The van der Waals surface area contributed by atoms with E-state index in [-0.39, 0.29) is 0 Å². The number of benzene rings is 1. The predicted octanol–water partition coefficient (Wildman–Crippen LogP) is 4.34. The van der Waals surface area contributed by atoms with E-state index in [2.05, 4.69) is 75.2 Å². The Morgan fingerprint density at radius 3 is 2.71 bits per heavy atom. The molecule has 3 nitrogen and oxygen atoms in total. The molecule has 2 aromatic rings. The molecule has 1 atom stereocenters. The third-order valence-corrected chi connectivity index (χ3v) is 4.34. The standard InChI is InChI=1S/C17H24BrN3/c1-3-10-19-16(13-14-7-5-6-8-15(14)18)17-9-11-20-21(17)12-4-2/h5-9,11,16,19H,3-4,10,12-13H2,1-2H3. The average molecular weight is 350 g/mol. The summed E-state index contributed by atoms with van der Waals surface area (Å²) in [5.74, 6) is 0. The molecule has 1 heterocycles. The SMILES string of the molecule is CCCNC(Cc1ccccc1Br)c1ccnn1CCC. The molecule has 0 aliphatic carbocycles. The van der Waals surface area contributed by atoms with E-state index < -0.39 is 0 Å². The molecule has 114 valence electrons. The molecule has 4 heteroatoms. The molecule has 2 rings (SSSR count). The van der Waals surface area contributed by atoms with Crippen molar-refractivity contribution in [2.75, 3.05) is 6.54 Å². The van der Waals surface area contributed by atoms with Crippen LogP contribution in [0, 0.1) is 0 Å². The number of aryl methyl sites for hydroxylation is 1. The van der Waals surface area contributed by atoms with Crippen molar-refractivity contribution >= 4 is 15.9 Å². The van der Waals surface area contributed by atoms with Crippen molar-refractivity contribution in [1.82, 2.24) is 15.1 Å². The van der Waals surface area contributed by atoms with Crippen LogP contribution >= 0.6 is 15.9 Å². The summed E-state index contributed by atoms with van der Waals surface area (Å²) in [6.07, 6.45) is 5.11. The molecule has 1 unspecified atom stereocenters. The Morgan fingerprint density at radius 1 is 1.19 bits per heavy atom. The van der Waals surface area contributed by atoms with Crippen LogP contribution in [0.25, 0.3) is 0 Å². The highest BCUT2D eigenvalue weighted by Crippen LogP contribution is 2.24. The molecule has 0 fully saturated rings. The second-order valence-electron chi connectivity index (χ2n) is 5.28. The van der Waals surface area contributed by atoms with Gasteiger partial charge in [-0.1, -0.05) is 48.0 Å². The molecule has 0 radical (unpaired) electrons.